The second-order valence-electron chi connectivity index (χ2n) is 7.12. The highest BCUT2D eigenvalue weighted by Gasteiger charge is 2.31. The molecule has 4 rings (SSSR count). The molecule has 0 unspecified atom stereocenters. The minimum atomic E-state index is 0.0669. The van der Waals surface area contributed by atoms with Crippen LogP contribution in [0.3, 0.4) is 0 Å². The lowest BCUT2D eigenvalue weighted by atomic mass is 9.95. The van der Waals surface area contributed by atoms with Crippen molar-refractivity contribution in [3.05, 3.63) is 22.2 Å². The van der Waals surface area contributed by atoms with Gasteiger partial charge < -0.3 is 14.7 Å². The Kier molecular flexibility index (Phi) is 5.45. The Morgan fingerprint density at radius 1 is 1.04 bits per heavy atom. The van der Waals surface area contributed by atoms with Crippen molar-refractivity contribution in [1.82, 2.24) is 14.8 Å². The van der Waals surface area contributed by atoms with E-state index in [-0.39, 0.29) is 17.7 Å². The third-order valence-corrected chi connectivity index (χ3v) is 7.05. The summed E-state index contributed by atoms with van der Waals surface area (Å²) < 4.78 is 0. The summed E-state index contributed by atoms with van der Waals surface area (Å²) in [6, 6.07) is 2.09. The zero-order chi connectivity index (χ0) is 18.8. The number of anilines is 1. The quantitative estimate of drug-likeness (QED) is 0.789. The van der Waals surface area contributed by atoms with Crippen molar-refractivity contribution in [2.45, 2.75) is 19.8 Å². The number of rotatable bonds is 3. The smallest absolute Gasteiger partial charge is 0.225 e. The van der Waals surface area contributed by atoms with Crippen LogP contribution >= 0.6 is 22.7 Å². The summed E-state index contributed by atoms with van der Waals surface area (Å²) >= 11 is 3.36. The Bertz CT molecular complexity index is 789. The molecule has 0 atom stereocenters. The molecule has 0 saturated carbocycles. The molecule has 8 heteroatoms. The van der Waals surface area contributed by atoms with Crippen molar-refractivity contribution in [3.8, 4) is 11.3 Å². The van der Waals surface area contributed by atoms with Gasteiger partial charge in [-0.05, 0) is 24.3 Å². The van der Waals surface area contributed by atoms with Crippen LogP contribution in [0.25, 0.3) is 11.3 Å². The summed E-state index contributed by atoms with van der Waals surface area (Å²) in [7, 11) is 0. The van der Waals surface area contributed by atoms with Crippen LogP contribution in [0, 0.1) is 5.92 Å². The van der Waals surface area contributed by atoms with Gasteiger partial charge in [-0.15, -0.1) is 11.3 Å². The van der Waals surface area contributed by atoms with E-state index in [9.17, 15) is 9.59 Å². The van der Waals surface area contributed by atoms with Gasteiger partial charge in [-0.1, -0.05) is 0 Å². The Balaban J connectivity index is 1.30. The maximum absolute atomic E-state index is 12.8. The number of amides is 2. The van der Waals surface area contributed by atoms with Gasteiger partial charge in [0, 0.05) is 68.4 Å². The van der Waals surface area contributed by atoms with Crippen molar-refractivity contribution in [1.29, 1.82) is 0 Å². The van der Waals surface area contributed by atoms with E-state index in [0.29, 0.717) is 13.1 Å². The standard InChI is InChI=1S/C19H24N4O2S2/c1-14(24)21-5-2-15(3-6-21)18(25)22-7-9-23(10-8-22)19-20-17(13-27-19)16-4-11-26-12-16/h4,11-13,15H,2-3,5-10H2,1H3. The van der Waals surface area contributed by atoms with Crippen molar-refractivity contribution in [2.24, 2.45) is 5.92 Å². The first-order chi connectivity index (χ1) is 13.1. The van der Waals surface area contributed by atoms with Crippen LogP contribution in [-0.2, 0) is 9.59 Å². The van der Waals surface area contributed by atoms with Crippen molar-refractivity contribution >= 4 is 39.6 Å². The molecule has 2 saturated heterocycles. The molecule has 2 aromatic heterocycles. The van der Waals surface area contributed by atoms with Crippen LogP contribution in [0.1, 0.15) is 19.8 Å². The average molecular weight is 405 g/mol. The first kappa shape index (κ1) is 18.4. The zero-order valence-corrected chi connectivity index (χ0v) is 17.1. The molecule has 2 amide bonds. The predicted octanol–water partition coefficient (Wildman–Crippen LogP) is 2.78. The van der Waals surface area contributed by atoms with E-state index in [4.69, 9.17) is 4.98 Å². The van der Waals surface area contributed by atoms with Crippen molar-refractivity contribution < 1.29 is 9.59 Å². The molecule has 4 heterocycles. The van der Waals surface area contributed by atoms with Gasteiger partial charge in [0.15, 0.2) is 5.13 Å². The fourth-order valence-corrected chi connectivity index (χ4v) is 5.31. The highest BCUT2D eigenvalue weighted by Crippen LogP contribution is 2.29. The molecule has 144 valence electrons. The van der Waals surface area contributed by atoms with E-state index >= 15 is 0 Å². The lowest BCUT2D eigenvalue weighted by Gasteiger charge is -2.38. The first-order valence-corrected chi connectivity index (χ1v) is 11.2. The minimum Gasteiger partial charge on any atom is -0.345 e. The topological polar surface area (TPSA) is 56.8 Å². The normalized spacial score (nSPS) is 18.8. The first-order valence-electron chi connectivity index (χ1n) is 9.39. The lowest BCUT2D eigenvalue weighted by Crippen LogP contribution is -2.52. The molecule has 2 aliphatic heterocycles. The molecule has 6 nitrogen and oxygen atoms in total. The third kappa shape index (κ3) is 4.01. The minimum absolute atomic E-state index is 0.0669. The monoisotopic (exact) mass is 404 g/mol. The van der Waals surface area contributed by atoms with Gasteiger partial charge in [0.05, 0.1) is 5.69 Å². The van der Waals surface area contributed by atoms with E-state index in [1.807, 2.05) is 9.80 Å². The summed E-state index contributed by atoms with van der Waals surface area (Å²) in [4.78, 5) is 35.2. The Morgan fingerprint density at radius 3 is 2.41 bits per heavy atom. The number of piperazine rings is 1. The molecule has 0 N–H and O–H groups in total. The van der Waals surface area contributed by atoms with Crippen LogP contribution in [0.5, 0.6) is 0 Å². The summed E-state index contributed by atoms with van der Waals surface area (Å²) in [6.45, 7) is 6.16. The molecule has 27 heavy (non-hydrogen) atoms. The van der Waals surface area contributed by atoms with Gasteiger partial charge in [-0.25, -0.2) is 4.98 Å². The maximum atomic E-state index is 12.8. The molecule has 2 aromatic rings. The van der Waals surface area contributed by atoms with E-state index < -0.39 is 0 Å². The lowest BCUT2D eigenvalue weighted by molar-refractivity contribution is -0.140. The predicted molar refractivity (Wildman–Crippen MR) is 109 cm³/mol. The molecule has 0 aliphatic carbocycles. The SMILES string of the molecule is CC(=O)N1CCC(C(=O)N2CCN(c3nc(-c4ccsc4)cs3)CC2)CC1. The number of carbonyl (C=O) groups is 2. The molecule has 2 aliphatic rings. The number of hydrogen-bond acceptors (Lipinski definition) is 6. The molecule has 0 bridgehead atoms. The third-order valence-electron chi connectivity index (χ3n) is 5.46. The Morgan fingerprint density at radius 2 is 1.78 bits per heavy atom. The summed E-state index contributed by atoms with van der Waals surface area (Å²) in [5.41, 5.74) is 2.21. The van der Waals surface area contributed by atoms with Crippen LogP contribution in [0.15, 0.2) is 22.2 Å². The molecule has 0 aromatic carbocycles. The van der Waals surface area contributed by atoms with Crippen LogP contribution in [0.2, 0.25) is 0 Å². The van der Waals surface area contributed by atoms with Crippen LogP contribution in [0.4, 0.5) is 5.13 Å². The number of hydrogen-bond donors (Lipinski definition) is 0. The van der Waals surface area contributed by atoms with Gasteiger partial charge in [-0.2, -0.15) is 11.3 Å². The highest BCUT2D eigenvalue weighted by molar-refractivity contribution is 7.14. The second kappa shape index (κ2) is 7.98. The highest BCUT2D eigenvalue weighted by atomic mass is 32.1. The van der Waals surface area contributed by atoms with Crippen molar-refractivity contribution in [3.63, 3.8) is 0 Å². The number of thiazole rings is 1. The largest absolute Gasteiger partial charge is 0.345 e. The number of piperidine rings is 1. The summed E-state index contributed by atoms with van der Waals surface area (Å²) in [5, 5.41) is 7.34. The van der Waals surface area contributed by atoms with E-state index in [0.717, 1.165) is 49.8 Å². The Hall–Kier alpha value is -1.93. The van der Waals surface area contributed by atoms with Crippen LogP contribution < -0.4 is 4.90 Å². The number of thiophene rings is 1. The fourth-order valence-electron chi connectivity index (χ4n) is 3.77. The van der Waals surface area contributed by atoms with Gasteiger partial charge in [-0.3, -0.25) is 9.59 Å². The van der Waals surface area contributed by atoms with Crippen LogP contribution in [-0.4, -0.2) is 65.9 Å². The van der Waals surface area contributed by atoms with Gasteiger partial charge in [0.2, 0.25) is 11.8 Å². The average Bonchev–Trinajstić information content (AvgIpc) is 3.39. The molecule has 0 spiro atoms. The van der Waals surface area contributed by atoms with Gasteiger partial charge in [0.25, 0.3) is 0 Å². The fraction of sp³-hybridized carbons (Fsp3) is 0.526. The molecular formula is C19H24N4O2S2. The molecular weight excluding hydrogens is 380 g/mol. The zero-order valence-electron chi connectivity index (χ0n) is 15.5. The summed E-state index contributed by atoms with van der Waals surface area (Å²) in [6.07, 6.45) is 1.57. The maximum Gasteiger partial charge on any atom is 0.225 e. The molecule has 0 radical (unpaired) electrons. The Labute approximate surface area is 167 Å². The number of carbonyl (C=O) groups excluding carboxylic acids is 2. The van der Waals surface area contributed by atoms with Gasteiger partial charge >= 0.3 is 0 Å². The number of likely N-dealkylation sites (tertiary alicyclic amines) is 1. The number of aromatic nitrogens is 1. The van der Waals surface area contributed by atoms with E-state index in [1.54, 1.807) is 29.6 Å². The summed E-state index contributed by atoms with van der Waals surface area (Å²) in [5.74, 6) is 0.438. The van der Waals surface area contributed by atoms with E-state index in [2.05, 4.69) is 27.1 Å². The second-order valence-corrected chi connectivity index (χ2v) is 8.74. The molecule has 2 fully saturated rings. The van der Waals surface area contributed by atoms with Gasteiger partial charge in [0.1, 0.15) is 0 Å². The number of nitrogens with zero attached hydrogens (tertiary/aromatic N) is 4. The van der Waals surface area contributed by atoms with Crippen molar-refractivity contribution in [2.75, 3.05) is 44.2 Å². The van der Waals surface area contributed by atoms with E-state index in [1.165, 1.54) is 5.56 Å².